The van der Waals surface area contributed by atoms with Gasteiger partial charge in [-0.15, -0.1) is 0 Å². The van der Waals surface area contributed by atoms with Gasteiger partial charge in [-0.2, -0.15) is 5.10 Å². The van der Waals surface area contributed by atoms with Crippen molar-refractivity contribution in [1.82, 2.24) is 15.1 Å². The summed E-state index contributed by atoms with van der Waals surface area (Å²) in [7, 11) is 3.25. The number of carbonyl (C=O) groups excluding carboxylic acids is 1. The number of hydrogen-bond acceptors (Lipinski definition) is 6. The Labute approximate surface area is 193 Å². The minimum Gasteiger partial charge on any atom is -0.497 e. The number of benzene rings is 2. The fraction of sp³-hybridized carbons (Fsp3) is 0.360. The van der Waals surface area contributed by atoms with Crippen LogP contribution in [0.15, 0.2) is 54.6 Å². The molecule has 1 aromatic heterocycles. The van der Waals surface area contributed by atoms with Crippen LogP contribution in [0.5, 0.6) is 17.4 Å². The van der Waals surface area contributed by atoms with E-state index in [0.717, 1.165) is 48.6 Å². The molecule has 174 valence electrons. The number of amides is 1. The summed E-state index contributed by atoms with van der Waals surface area (Å²) in [6.07, 6.45) is 3.33. The summed E-state index contributed by atoms with van der Waals surface area (Å²) in [6, 6.07) is 16.9. The lowest BCUT2D eigenvalue weighted by atomic mass is 10.1. The van der Waals surface area contributed by atoms with Crippen LogP contribution in [0, 0.1) is 0 Å². The highest BCUT2D eigenvalue weighted by Crippen LogP contribution is 2.28. The van der Waals surface area contributed by atoms with Crippen LogP contribution in [0.4, 0.5) is 0 Å². The van der Waals surface area contributed by atoms with Crippen molar-refractivity contribution in [3.8, 4) is 34.3 Å². The van der Waals surface area contributed by atoms with E-state index in [9.17, 15) is 4.79 Å². The summed E-state index contributed by atoms with van der Waals surface area (Å²) in [6.45, 7) is 1.25. The molecule has 0 radical (unpaired) electrons. The van der Waals surface area contributed by atoms with Gasteiger partial charge < -0.3 is 24.3 Å². The van der Waals surface area contributed by atoms with Crippen molar-refractivity contribution in [2.45, 2.75) is 25.4 Å². The highest BCUT2D eigenvalue weighted by molar-refractivity contribution is 5.77. The summed E-state index contributed by atoms with van der Waals surface area (Å²) >= 11 is 0. The maximum Gasteiger partial charge on any atom is 0.258 e. The van der Waals surface area contributed by atoms with Gasteiger partial charge in [0.2, 0.25) is 5.88 Å². The van der Waals surface area contributed by atoms with Crippen molar-refractivity contribution in [1.29, 1.82) is 0 Å². The monoisotopic (exact) mass is 451 g/mol. The van der Waals surface area contributed by atoms with E-state index < -0.39 is 0 Å². The first-order valence-electron chi connectivity index (χ1n) is 11.1. The molecule has 2 aromatic carbocycles. The summed E-state index contributed by atoms with van der Waals surface area (Å²) in [4.78, 5) is 12.1. The molecule has 0 bridgehead atoms. The molecule has 1 aliphatic heterocycles. The Morgan fingerprint density at radius 2 is 1.82 bits per heavy atom. The van der Waals surface area contributed by atoms with E-state index in [2.05, 4.69) is 10.4 Å². The number of methoxy groups -OCH3 is 2. The van der Waals surface area contributed by atoms with Gasteiger partial charge in [0.05, 0.1) is 31.7 Å². The van der Waals surface area contributed by atoms with E-state index in [1.807, 2.05) is 42.5 Å². The lowest BCUT2D eigenvalue weighted by molar-refractivity contribution is -0.124. The van der Waals surface area contributed by atoms with Crippen LogP contribution in [-0.2, 0) is 9.53 Å². The summed E-state index contributed by atoms with van der Waals surface area (Å²) in [5, 5.41) is 7.56. The lowest BCUT2D eigenvalue weighted by Gasteiger charge is -2.22. The van der Waals surface area contributed by atoms with Crippen LogP contribution < -0.4 is 19.5 Å². The lowest BCUT2D eigenvalue weighted by Crippen LogP contribution is -2.37. The Balaban J connectivity index is 1.36. The molecule has 3 aromatic rings. The van der Waals surface area contributed by atoms with E-state index >= 15 is 0 Å². The molecule has 1 saturated heterocycles. The molecule has 0 aliphatic carbocycles. The molecule has 4 rings (SSSR count). The van der Waals surface area contributed by atoms with E-state index in [-0.39, 0.29) is 18.6 Å². The van der Waals surface area contributed by atoms with Crippen LogP contribution in [0.25, 0.3) is 16.9 Å². The maximum atomic E-state index is 12.1. The van der Waals surface area contributed by atoms with E-state index in [1.54, 1.807) is 31.0 Å². The van der Waals surface area contributed by atoms with Crippen LogP contribution in [-0.4, -0.2) is 55.8 Å². The summed E-state index contributed by atoms with van der Waals surface area (Å²) in [5.41, 5.74) is 2.56. The second-order valence-electron chi connectivity index (χ2n) is 7.79. The van der Waals surface area contributed by atoms with E-state index in [4.69, 9.17) is 18.9 Å². The van der Waals surface area contributed by atoms with Gasteiger partial charge >= 0.3 is 0 Å². The highest BCUT2D eigenvalue weighted by Gasteiger charge is 2.15. The predicted octanol–water partition coefficient (Wildman–Crippen LogP) is 3.62. The molecule has 1 fully saturated rings. The van der Waals surface area contributed by atoms with Gasteiger partial charge in [0.15, 0.2) is 6.61 Å². The average Bonchev–Trinajstić information content (AvgIpc) is 3.32. The molecule has 8 heteroatoms. The third-order valence-corrected chi connectivity index (χ3v) is 5.52. The highest BCUT2D eigenvalue weighted by atomic mass is 16.5. The third kappa shape index (κ3) is 5.84. The summed E-state index contributed by atoms with van der Waals surface area (Å²) < 4.78 is 23.7. The molecular weight excluding hydrogens is 422 g/mol. The topological polar surface area (TPSA) is 83.8 Å². The van der Waals surface area contributed by atoms with E-state index in [0.29, 0.717) is 18.2 Å². The van der Waals surface area contributed by atoms with Gasteiger partial charge in [-0.1, -0.05) is 0 Å². The van der Waals surface area contributed by atoms with Crippen molar-refractivity contribution in [2.75, 3.05) is 34.0 Å². The Kier molecular flexibility index (Phi) is 7.47. The normalized spacial score (nSPS) is 15.6. The smallest absolute Gasteiger partial charge is 0.258 e. The fourth-order valence-electron chi connectivity index (χ4n) is 3.68. The minimum atomic E-state index is -0.161. The number of rotatable bonds is 9. The molecule has 1 amide bonds. The van der Waals surface area contributed by atoms with E-state index in [1.165, 1.54) is 0 Å². The Bertz CT molecular complexity index is 1040. The SMILES string of the molecule is COc1ccc(-c2cc(OC)n(-c3ccc(OCC(=O)NCC4CCCCO4)cc3)n2)cc1. The first kappa shape index (κ1) is 22.7. The molecular formula is C25H29N3O5. The fourth-order valence-corrected chi connectivity index (χ4v) is 3.68. The Hall–Kier alpha value is -3.52. The van der Waals surface area contributed by atoms with Crippen molar-refractivity contribution in [2.24, 2.45) is 0 Å². The number of hydrogen-bond donors (Lipinski definition) is 1. The standard InChI is InChI=1S/C25H29N3O5/c1-30-20-10-6-18(7-11-20)23-15-25(31-2)28(27-23)19-8-12-21(13-9-19)33-17-24(29)26-16-22-5-3-4-14-32-22/h6-13,15,22H,3-5,14,16-17H2,1-2H3,(H,26,29). The molecule has 0 saturated carbocycles. The number of ether oxygens (including phenoxy) is 4. The second kappa shape index (κ2) is 10.9. The van der Waals surface area contributed by atoms with Gasteiger partial charge in [0, 0.05) is 24.8 Å². The Morgan fingerprint density at radius 1 is 1.06 bits per heavy atom. The van der Waals surface area contributed by atoms with Crippen molar-refractivity contribution >= 4 is 5.91 Å². The number of aromatic nitrogens is 2. The summed E-state index contributed by atoms with van der Waals surface area (Å²) in [5.74, 6) is 1.84. The second-order valence-corrected chi connectivity index (χ2v) is 7.79. The number of carbonyl (C=O) groups is 1. The molecule has 1 unspecified atom stereocenters. The average molecular weight is 452 g/mol. The van der Waals surface area contributed by atoms with Crippen molar-refractivity contribution in [3.05, 3.63) is 54.6 Å². The molecule has 0 spiro atoms. The Morgan fingerprint density at radius 3 is 2.48 bits per heavy atom. The first-order valence-corrected chi connectivity index (χ1v) is 11.1. The van der Waals surface area contributed by atoms with Gasteiger partial charge in [0.25, 0.3) is 5.91 Å². The number of nitrogens with one attached hydrogen (secondary N) is 1. The zero-order valence-electron chi connectivity index (χ0n) is 19.0. The first-order chi connectivity index (χ1) is 16.2. The van der Waals surface area contributed by atoms with Gasteiger partial charge in [-0.3, -0.25) is 4.79 Å². The van der Waals surface area contributed by atoms with Gasteiger partial charge in [-0.05, 0) is 67.8 Å². The maximum absolute atomic E-state index is 12.1. The zero-order valence-corrected chi connectivity index (χ0v) is 19.0. The minimum absolute atomic E-state index is 0.0429. The molecule has 8 nitrogen and oxygen atoms in total. The molecule has 1 atom stereocenters. The van der Waals surface area contributed by atoms with Crippen LogP contribution in [0.3, 0.4) is 0 Å². The quantitative estimate of drug-likeness (QED) is 0.535. The van der Waals surface area contributed by atoms with Crippen LogP contribution in [0.2, 0.25) is 0 Å². The molecule has 2 heterocycles. The molecule has 33 heavy (non-hydrogen) atoms. The van der Waals surface area contributed by atoms with Crippen molar-refractivity contribution < 1.29 is 23.7 Å². The predicted molar refractivity (Wildman–Crippen MR) is 124 cm³/mol. The van der Waals surface area contributed by atoms with Crippen LogP contribution >= 0.6 is 0 Å². The molecule has 1 aliphatic rings. The number of nitrogens with zero attached hydrogens (tertiary/aromatic N) is 2. The third-order valence-electron chi connectivity index (χ3n) is 5.52. The van der Waals surface area contributed by atoms with Gasteiger partial charge in [-0.25, -0.2) is 4.68 Å². The van der Waals surface area contributed by atoms with Gasteiger partial charge in [0.1, 0.15) is 11.5 Å². The largest absolute Gasteiger partial charge is 0.497 e. The van der Waals surface area contributed by atoms with Crippen LogP contribution in [0.1, 0.15) is 19.3 Å². The zero-order chi connectivity index (χ0) is 23.0. The van der Waals surface area contributed by atoms with Crippen molar-refractivity contribution in [3.63, 3.8) is 0 Å². The molecule has 1 N–H and O–H groups in total.